The van der Waals surface area contributed by atoms with Crippen LogP contribution in [0.25, 0.3) is 0 Å². The summed E-state index contributed by atoms with van der Waals surface area (Å²) in [6.07, 6.45) is 6.28. The first kappa shape index (κ1) is 34.0. The van der Waals surface area contributed by atoms with Gasteiger partial charge in [-0.1, -0.05) is 23.8 Å². The summed E-state index contributed by atoms with van der Waals surface area (Å²) < 4.78 is 43.5. The Labute approximate surface area is 300 Å². The van der Waals surface area contributed by atoms with Gasteiger partial charge < -0.3 is 38.3 Å². The molecule has 3 aromatic rings. The number of fused-ring (bicyclic) bond motifs is 2. The van der Waals surface area contributed by atoms with E-state index in [4.69, 9.17) is 38.3 Å². The first-order valence-electron chi connectivity index (χ1n) is 18.2. The van der Waals surface area contributed by atoms with Gasteiger partial charge in [0.15, 0.2) is 29.1 Å². The van der Waals surface area contributed by atoms with Crippen molar-refractivity contribution in [3.63, 3.8) is 0 Å². The maximum Gasteiger partial charge on any atom is 0.205 e. The van der Waals surface area contributed by atoms with E-state index in [0.29, 0.717) is 43.7 Å². The van der Waals surface area contributed by atoms with E-state index in [1.54, 1.807) is 14.2 Å². The monoisotopic (exact) mass is 696 g/mol. The molecule has 270 valence electrons. The SMILES string of the molecule is COc1ccc2cc1Oc1ccc(cc1)C[C@H]1c3c(cc(OC)c4c3OC3=CC5=C(CCN(CCOCCOCCO)C5C2)CC3O4)CCN1C. The Balaban J connectivity index is 1.21. The van der Waals surface area contributed by atoms with Gasteiger partial charge >= 0.3 is 0 Å². The fourth-order valence-electron chi connectivity index (χ4n) is 8.27. The van der Waals surface area contributed by atoms with Crippen LogP contribution in [0.4, 0.5) is 0 Å². The van der Waals surface area contributed by atoms with Crippen LogP contribution >= 0.6 is 0 Å². The predicted octanol–water partition coefficient (Wildman–Crippen LogP) is 5.65. The number of benzene rings is 3. The van der Waals surface area contributed by atoms with Crippen molar-refractivity contribution < 1.29 is 38.3 Å². The maximum absolute atomic E-state index is 9.00. The summed E-state index contributed by atoms with van der Waals surface area (Å²) in [5.41, 5.74) is 7.50. The van der Waals surface area contributed by atoms with Gasteiger partial charge in [-0.2, -0.15) is 0 Å². The molecule has 3 aromatic carbocycles. The van der Waals surface area contributed by atoms with Crippen molar-refractivity contribution >= 4 is 0 Å². The summed E-state index contributed by atoms with van der Waals surface area (Å²) in [4.78, 5) is 4.95. The molecular weight excluding hydrogens is 648 g/mol. The number of nitrogens with zero attached hydrogens (tertiary/aromatic N) is 2. The number of ether oxygens (including phenoxy) is 7. The van der Waals surface area contributed by atoms with E-state index in [2.05, 4.69) is 53.3 Å². The molecule has 0 saturated heterocycles. The summed E-state index contributed by atoms with van der Waals surface area (Å²) in [7, 11) is 5.60. The molecule has 9 rings (SSSR count). The molecular formula is C41H48N2O8. The molecule has 0 spiro atoms. The fraction of sp³-hybridized carbons (Fsp3) is 0.463. The van der Waals surface area contributed by atoms with Crippen molar-refractivity contribution in [1.29, 1.82) is 0 Å². The first-order valence-corrected chi connectivity index (χ1v) is 18.2. The molecule has 10 nitrogen and oxygen atoms in total. The lowest BCUT2D eigenvalue weighted by Gasteiger charge is -2.43. The second kappa shape index (κ2) is 14.9. The maximum atomic E-state index is 9.00. The van der Waals surface area contributed by atoms with Crippen molar-refractivity contribution in [1.82, 2.24) is 9.80 Å². The van der Waals surface area contributed by atoms with E-state index in [-0.39, 0.29) is 24.8 Å². The third kappa shape index (κ3) is 6.83. The summed E-state index contributed by atoms with van der Waals surface area (Å²) in [6, 6.07) is 17.0. The number of methoxy groups -OCH3 is 2. The largest absolute Gasteiger partial charge is 0.493 e. The van der Waals surface area contributed by atoms with Gasteiger partial charge in [-0.15, -0.1) is 0 Å². The van der Waals surface area contributed by atoms with Crippen molar-refractivity contribution in [3.8, 4) is 34.5 Å². The van der Waals surface area contributed by atoms with Gasteiger partial charge in [0.05, 0.1) is 47.3 Å². The number of rotatable bonds is 10. The zero-order chi connectivity index (χ0) is 34.9. The molecule has 0 radical (unpaired) electrons. The number of aliphatic hydroxyl groups excluding tert-OH is 1. The van der Waals surface area contributed by atoms with E-state index < -0.39 is 0 Å². The summed E-state index contributed by atoms with van der Waals surface area (Å²) in [6.45, 7) is 4.52. The van der Waals surface area contributed by atoms with Gasteiger partial charge in [-0.25, -0.2) is 0 Å². The van der Waals surface area contributed by atoms with Crippen LogP contribution in [0.2, 0.25) is 0 Å². The van der Waals surface area contributed by atoms with E-state index in [9.17, 15) is 0 Å². The van der Waals surface area contributed by atoms with Gasteiger partial charge in [0.1, 0.15) is 11.5 Å². The molecule has 1 N–H and O–H groups in total. The molecule has 3 atom stereocenters. The Morgan fingerprint density at radius 2 is 1.57 bits per heavy atom. The Morgan fingerprint density at radius 3 is 2.37 bits per heavy atom. The molecule has 7 bridgehead atoms. The summed E-state index contributed by atoms with van der Waals surface area (Å²) >= 11 is 0. The van der Waals surface area contributed by atoms with Gasteiger partial charge in [0.2, 0.25) is 5.75 Å². The number of aliphatic hydroxyl groups is 1. The topological polar surface area (TPSA) is 91.3 Å². The lowest BCUT2D eigenvalue weighted by atomic mass is 9.81. The number of likely N-dealkylation sites (N-methyl/N-ethyl adjacent to an activating group) is 1. The number of hydrogen-bond acceptors (Lipinski definition) is 10. The highest BCUT2D eigenvalue weighted by molar-refractivity contribution is 5.63. The molecule has 0 amide bonds. The van der Waals surface area contributed by atoms with E-state index in [1.807, 2.05) is 18.2 Å². The third-order valence-electron chi connectivity index (χ3n) is 10.9. The predicted molar refractivity (Wildman–Crippen MR) is 192 cm³/mol. The van der Waals surface area contributed by atoms with E-state index in [0.717, 1.165) is 80.3 Å². The van der Waals surface area contributed by atoms with Crippen LogP contribution in [0.5, 0.6) is 34.5 Å². The zero-order valence-corrected chi connectivity index (χ0v) is 29.8. The van der Waals surface area contributed by atoms with Crippen molar-refractivity contribution in [3.05, 3.63) is 93.8 Å². The molecule has 51 heavy (non-hydrogen) atoms. The standard InChI is InChI=1S/C41H48N2O8/c1-42-12-10-29-24-38(46-3)40-41-39(29)33(42)20-26-4-7-30(8-5-26)49-35-22-27(6-9-34(35)45-2)21-32-31-25-37(51-41)36(50-40)23-28(31)11-13-43(32)14-16-47-18-19-48-17-15-44/h4-9,22,24-25,32-33,36,44H,10-21,23H2,1-3H3/t32?,33-,36?/m0/s1. The molecule has 5 heterocycles. The van der Waals surface area contributed by atoms with Gasteiger partial charge in [0.25, 0.3) is 0 Å². The highest BCUT2D eigenvalue weighted by Gasteiger charge is 2.41. The van der Waals surface area contributed by atoms with Crippen LogP contribution in [0, 0.1) is 0 Å². The minimum Gasteiger partial charge on any atom is -0.493 e. The Kier molecular flexibility index (Phi) is 9.94. The minimum atomic E-state index is -0.212. The molecule has 0 aromatic heterocycles. The van der Waals surface area contributed by atoms with Crippen molar-refractivity contribution in [2.24, 2.45) is 0 Å². The fourth-order valence-corrected chi connectivity index (χ4v) is 8.27. The van der Waals surface area contributed by atoms with E-state index in [1.165, 1.54) is 27.8 Å². The van der Waals surface area contributed by atoms with E-state index >= 15 is 0 Å². The van der Waals surface area contributed by atoms with Crippen LogP contribution in [0.15, 0.2) is 71.5 Å². The van der Waals surface area contributed by atoms with Gasteiger partial charge in [0, 0.05) is 43.7 Å². The molecule has 0 fully saturated rings. The van der Waals surface area contributed by atoms with Gasteiger partial charge in [-0.3, -0.25) is 9.80 Å². The Bertz CT molecular complexity index is 1800. The summed E-state index contributed by atoms with van der Waals surface area (Å²) in [5.74, 6) is 5.25. The molecule has 5 aliphatic heterocycles. The molecule has 10 heteroatoms. The molecule has 2 unspecified atom stereocenters. The lowest BCUT2D eigenvalue weighted by molar-refractivity contribution is 0.0233. The first-order chi connectivity index (χ1) is 25.0. The highest BCUT2D eigenvalue weighted by Crippen LogP contribution is 2.53. The second-order valence-electron chi connectivity index (χ2n) is 14.0. The quantitative estimate of drug-likeness (QED) is 0.269. The average molecular weight is 697 g/mol. The second-order valence-corrected chi connectivity index (χ2v) is 14.0. The van der Waals surface area contributed by atoms with Crippen LogP contribution in [-0.2, 0) is 28.7 Å². The third-order valence-corrected chi connectivity index (χ3v) is 10.9. The highest BCUT2D eigenvalue weighted by atomic mass is 16.6. The smallest absolute Gasteiger partial charge is 0.205 e. The van der Waals surface area contributed by atoms with Crippen LogP contribution in [0.1, 0.15) is 41.1 Å². The summed E-state index contributed by atoms with van der Waals surface area (Å²) in [5, 5.41) is 9.00. The van der Waals surface area contributed by atoms with Crippen LogP contribution < -0.4 is 23.7 Å². The number of hydrogen-bond donors (Lipinski definition) is 1. The van der Waals surface area contributed by atoms with Gasteiger partial charge in [-0.05, 0) is 91.4 Å². The lowest BCUT2D eigenvalue weighted by Crippen LogP contribution is -2.46. The van der Waals surface area contributed by atoms with Crippen LogP contribution in [0.3, 0.4) is 0 Å². The molecule has 6 aliphatic rings. The minimum absolute atomic E-state index is 0.0155. The molecule has 0 saturated carbocycles. The van der Waals surface area contributed by atoms with Crippen molar-refractivity contribution in [2.45, 2.75) is 50.3 Å². The Morgan fingerprint density at radius 1 is 0.784 bits per heavy atom. The molecule has 1 aliphatic carbocycles. The average Bonchev–Trinajstić information content (AvgIpc) is 3.15. The van der Waals surface area contributed by atoms with Crippen molar-refractivity contribution in [2.75, 3.05) is 73.9 Å². The normalized spacial score (nSPS) is 22.4. The Hall–Kier alpha value is -4.06. The zero-order valence-electron chi connectivity index (χ0n) is 29.8. The van der Waals surface area contributed by atoms with Crippen LogP contribution in [-0.4, -0.2) is 101 Å².